The highest BCUT2D eigenvalue weighted by molar-refractivity contribution is 5.40. The molecular formula is C14H13N5O2. The van der Waals surface area contributed by atoms with Crippen molar-refractivity contribution in [1.82, 2.24) is 25.0 Å². The Bertz CT molecular complexity index is 704. The number of nitrogens with zero attached hydrogens (tertiary/aromatic N) is 5. The first-order valence-electron chi connectivity index (χ1n) is 6.74. The van der Waals surface area contributed by atoms with Crippen LogP contribution in [0.5, 0.6) is 0 Å². The molecule has 21 heavy (non-hydrogen) atoms. The molecule has 0 radical (unpaired) electrons. The van der Waals surface area contributed by atoms with Gasteiger partial charge in [0.2, 0.25) is 17.5 Å². The van der Waals surface area contributed by atoms with E-state index in [4.69, 9.17) is 8.94 Å². The van der Waals surface area contributed by atoms with E-state index in [9.17, 15) is 0 Å². The molecule has 7 heteroatoms. The molecule has 0 spiro atoms. The van der Waals surface area contributed by atoms with Gasteiger partial charge in [-0.3, -0.25) is 4.90 Å². The first-order chi connectivity index (χ1) is 10.4. The standard InChI is InChI=1S/C14H13N5O2/c1-3-11(20-6-1)9-19-7-10(8-19)14-17-13(18-21-14)12-15-4-2-5-16-12/h1-6,10H,7-9H2. The van der Waals surface area contributed by atoms with Gasteiger partial charge in [0.15, 0.2) is 0 Å². The smallest absolute Gasteiger partial charge is 0.240 e. The van der Waals surface area contributed by atoms with Gasteiger partial charge in [0.1, 0.15) is 5.76 Å². The number of hydrogen-bond donors (Lipinski definition) is 0. The molecule has 0 amide bonds. The van der Waals surface area contributed by atoms with Crippen LogP contribution in [-0.2, 0) is 6.54 Å². The van der Waals surface area contributed by atoms with E-state index in [1.165, 1.54) is 0 Å². The minimum atomic E-state index is 0.268. The lowest BCUT2D eigenvalue weighted by Gasteiger charge is -2.36. The van der Waals surface area contributed by atoms with Gasteiger partial charge in [-0.15, -0.1) is 0 Å². The molecule has 0 unspecified atom stereocenters. The monoisotopic (exact) mass is 283 g/mol. The summed E-state index contributed by atoms with van der Waals surface area (Å²) in [5, 5.41) is 3.94. The predicted molar refractivity (Wildman–Crippen MR) is 72.1 cm³/mol. The fourth-order valence-corrected chi connectivity index (χ4v) is 2.38. The van der Waals surface area contributed by atoms with Crippen LogP contribution in [0.15, 0.2) is 45.8 Å². The van der Waals surface area contributed by atoms with E-state index in [1.807, 2.05) is 12.1 Å². The van der Waals surface area contributed by atoms with Crippen LogP contribution in [0.1, 0.15) is 17.6 Å². The van der Waals surface area contributed by atoms with Crippen molar-refractivity contribution in [3.8, 4) is 11.6 Å². The average molecular weight is 283 g/mol. The summed E-state index contributed by atoms with van der Waals surface area (Å²) in [5.74, 6) is 2.81. The second-order valence-electron chi connectivity index (χ2n) is 5.00. The lowest BCUT2D eigenvalue weighted by molar-refractivity contribution is 0.109. The van der Waals surface area contributed by atoms with Crippen molar-refractivity contribution in [2.24, 2.45) is 0 Å². The van der Waals surface area contributed by atoms with Crippen LogP contribution in [-0.4, -0.2) is 38.1 Å². The van der Waals surface area contributed by atoms with E-state index in [2.05, 4.69) is 25.0 Å². The Morgan fingerprint density at radius 2 is 2.00 bits per heavy atom. The Hall–Kier alpha value is -2.54. The summed E-state index contributed by atoms with van der Waals surface area (Å²) in [6.07, 6.45) is 5.01. The van der Waals surface area contributed by atoms with E-state index >= 15 is 0 Å². The van der Waals surface area contributed by atoms with Crippen LogP contribution < -0.4 is 0 Å². The molecule has 4 rings (SSSR count). The fourth-order valence-electron chi connectivity index (χ4n) is 2.38. The minimum absolute atomic E-state index is 0.268. The molecule has 0 N–H and O–H groups in total. The predicted octanol–water partition coefficient (Wildman–Crippen LogP) is 1.72. The van der Waals surface area contributed by atoms with E-state index in [-0.39, 0.29) is 5.92 Å². The second-order valence-corrected chi connectivity index (χ2v) is 5.00. The Balaban J connectivity index is 1.40. The van der Waals surface area contributed by atoms with Gasteiger partial charge in [-0.05, 0) is 18.2 Å². The van der Waals surface area contributed by atoms with Gasteiger partial charge < -0.3 is 8.94 Å². The van der Waals surface area contributed by atoms with Crippen LogP contribution in [0, 0.1) is 0 Å². The van der Waals surface area contributed by atoms with Gasteiger partial charge in [0.05, 0.1) is 18.7 Å². The van der Waals surface area contributed by atoms with Crippen molar-refractivity contribution >= 4 is 0 Å². The molecular weight excluding hydrogens is 270 g/mol. The number of hydrogen-bond acceptors (Lipinski definition) is 7. The fraction of sp³-hybridized carbons (Fsp3) is 0.286. The Labute approximate surface area is 120 Å². The molecule has 4 heterocycles. The highest BCUT2D eigenvalue weighted by Crippen LogP contribution is 2.28. The number of furan rings is 1. The molecule has 0 aliphatic carbocycles. The van der Waals surface area contributed by atoms with Crippen LogP contribution in [0.4, 0.5) is 0 Å². The van der Waals surface area contributed by atoms with Crippen LogP contribution in [0.25, 0.3) is 11.6 Å². The SMILES string of the molecule is c1cnc(-c2noc(C3CN(Cc4ccco4)C3)n2)nc1. The summed E-state index contributed by atoms with van der Waals surface area (Å²) in [7, 11) is 0. The molecule has 0 atom stereocenters. The van der Waals surface area contributed by atoms with E-state index in [0.29, 0.717) is 17.5 Å². The summed E-state index contributed by atoms with van der Waals surface area (Å²) < 4.78 is 10.6. The molecule has 1 saturated heterocycles. The van der Waals surface area contributed by atoms with Crippen molar-refractivity contribution in [2.45, 2.75) is 12.5 Å². The van der Waals surface area contributed by atoms with Gasteiger partial charge in [0, 0.05) is 25.5 Å². The Morgan fingerprint density at radius 1 is 1.14 bits per heavy atom. The molecule has 1 fully saturated rings. The molecule has 0 saturated carbocycles. The zero-order valence-electron chi connectivity index (χ0n) is 11.2. The van der Waals surface area contributed by atoms with Crippen molar-refractivity contribution in [3.05, 3.63) is 48.5 Å². The van der Waals surface area contributed by atoms with Gasteiger partial charge in [-0.1, -0.05) is 5.16 Å². The molecule has 1 aliphatic heterocycles. The molecule has 0 bridgehead atoms. The van der Waals surface area contributed by atoms with Gasteiger partial charge in [-0.2, -0.15) is 4.98 Å². The normalized spacial score (nSPS) is 16.0. The topological polar surface area (TPSA) is 81.1 Å². The molecule has 7 nitrogen and oxygen atoms in total. The van der Waals surface area contributed by atoms with Gasteiger partial charge in [0.25, 0.3) is 0 Å². The van der Waals surface area contributed by atoms with Gasteiger partial charge in [-0.25, -0.2) is 9.97 Å². The van der Waals surface area contributed by atoms with E-state index in [0.717, 1.165) is 25.4 Å². The maximum Gasteiger partial charge on any atom is 0.240 e. The molecule has 0 aromatic carbocycles. The zero-order valence-corrected chi connectivity index (χ0v) is 11.2. The van der Waals surface area contributed by atoms with Crippen LogP contribution in [0.3, 0.4) is 0 Å². The van der Waals surface area contributed by atoms with E-state index in [1.54, 1.807) is 24.7 Å². The van der Waals surface area contributed by atoms with Crippen LogP contribution in [0.2, 0.25) is 0 Å². The third-order valence-electron chi connectivity index (χ3n) is 3.47. The molecule has 1 aliphatic rings. The van der Waals surface area contributed by atoms with Crippen molar-refractivity contribution in [1.29, 1.82) is 0 Å². The minimum Gasteiger partial charge on any atom is -0.468 e. The molecule has 106 valence electrons. The Morgan fingerprint density at radius 3 is 2.76 bits per heavy atom. The van der Waals surface area contributed by atoms with E-state index < -0.39 is 0 Å². The van der Waals surface area contributed by atoms with Crippen molar-refractivity contribution < 1.29 is 8.94 Å². The largest absolute Gasteiger partial charge is 0.468 e. The number of aromatic nitrogens is 4. The van der Waals surface area contributed by atoms with Gasteiger partial charge >= 0.3 is 0 Å². The van der Waals surface area contributed by atoms with Crippen molar-refractivity contribution in [3.63, 3.8) is 0 Å². The summed E-state index contributed by atoms with van der Waals surface area (Å²) in [6, 6.07) is 5.63. The number of likely N-dealkylation sites (tertiary alicyclic amines) is 1. The molecule has 3 aromatic rings. The van der Waals surface area contributed by atoms with Crippen LogP contribution >= 0.6 is 0 Å². The summed E-state index contributed by atoms with van der Waals surface area (Å²) in [6.45, 7) is 2.59. The first-order valence-corrected chi connectivity index (χ1v) is 6.74. The summed E-state index contributed by atoms with van der Waals surface area (Å²) >= 11 is 0. The zero-order chi connectivity index (χ0) is 14.1. The second kappa shape index (κ2) is 5.10. The van der Waals surface area contributed by atoms with Crippen molar-refractivity contribution in [2.75, 3.05) is 13.1 Å². The summed E-state index contributed by atoms with van der Waals surface area (Å²) in [4.78, 5) is 14.9. The Kier molecular flexibility index (Phi) is 2.97. The first kappa shape index (κ1) is 12.2. The maximum atomic E-state index is 5.33. The third-order valence-corrected chi connectivity index (χ3v) is 3.47. The maximum absolute atomic E-state index is 5.33. The summed E-state index contributed by atoms with van der Waals surface area (Å²) in [5.41, 5.74) is 0. The highest BCUT2D eigenvalue weighted by atomic mass is 16.5. The lowest BCUT2D eigenvalue weighted by atomic mass is 10.00. The quantitative estimate of drug-likeness (QED) is 0.721. The lowest BCUT2D eigenvalue weighted by Crippen LogP contribution is -2.44. The average Bonchev–Trinajstić information content (AvgIpc) is 3.15. The highest BCUT2D eigenvalue weighted by Gasteiger charge is 2.33. The number of rotatable bonds is 4. The third kappa shape index (κ3) is 2.43. The molecule has 3 aromatic heterocycles.